The lowest BCUT2D eigenvalue weighted by Gasteiger charge is -2.18. The van der Waals surface area contributed by atoms with Gasteiger partial charge in [0, 0.05) is 19.2 Å². The second kappa shape index (κ2) is 5.35. The lowest BCUT2D eigenvalue weighted by molar-refractivity contribution is -0.114. The zero-order chi connectivity index (χ0) is 13.1. The standard InChI is InChI=1S/C13H17FN2O2/c1-8-12(5-6-18-8)16-10-3-4-11(14)13(7-10)15-9(2)17/h3-4,7-8,12,16H,5-6H2,1-2H3,(H,15,17). The SMILES string of the molecule is CC(=O)Nc1cc(NC2CCOC2C)ccc1F. The average molecular weight is 252 g/mol. The number of carbonyl (C=O) groups excluding carboxylic acids is 1. The number of ether oxygens (including phenoxy) is 1. The molecular weight excluding hydrogens is 235 g/mol. The minimum atomic E-state index is -0.438. The number of hydrogen-bond acceptors (Lipinski definition) is 3. The van der Waals surface area contributed by atoms with Crippen LogP contribution in [-0.2, 0) is 9.53 Å². The highest BCUT2D eigenvalue weighted by atomic mass is 19.1. The molecule has 18 heavy (non-hydrogen) atoms. The first kappa shape index (κ1) is 12.8. The Morgan fingerprint density at radius 1 is 1.50 bits per heavy atom. The summed E-state index contributed by atoms with van der Waals surface area (Å²) in [5, 5.41) is 5.75. The van der Waals surface area contributed by atoms with Crippen molar-refractivity contribution >= 4 is 17.3 Å². The molecular formula is C13H17FN2O2. The molecule has 1 saturated heterocycles. The summed E-state index contributed by atoms with van der Waals surface area (Å²) in [5.41, 5.74) is 0.974. The molecule has 1 aliphatic rings. The third kappa shape index (κ3) is 2.98. The maximum atomic E-state index is 13.5. The summed E-state index contributed by atoms with van der Waals surface area (Å²) in [5.74, 6) is -0.727. The van der Waals surface area contributed by atoms with Crippen molar-refractivity contribution in [2.45, 2.75) is 32.4 Å². The molecule has 1 aromatic carbocycles. The van der Waals surface area contributed by atoms with E-state index in [9.17, 15) is 9.18 Å². The quantitative estimate of drug-likeness (QED) is 0.868. The van der Waals surface area contributed by atoms with Crippen LogP contribution in [0.5, 0.6) is 0 Å². The van der Waals surface area contributed by atoms with Crippen molar-refractivity contribution in [3.05, 3.63) is 24.0 Å². The van der Waals surface area contributed by atoms with Crippen molar-refractivity contribution < 1.29 is 13.9 Å². The fraction of sp³-hybridized carbons (Fsp3) is 0.462. The van der Waals surface area contributed by atoms with Crippen LogP contribution in [0.25, 0.3) is 0 Å². The summed E-state index contributed by atoms with van der Waals surface area (Å²) in [7, 11) is 0. The molecule has 1 heterocycles. The van der Waals surface area contributed by atoms with Crippen LogP contribution in [0.3, 0.4) is 0 Å². The highest BCUT2D eigenvalue weighted by Crippen LogP contribution is 2.23. The number of rotatable bonds is 3. The van der Waals surface area contributed by atoms with E-state index in [2.05, 4.69) is 10.6 Å². The number of benzene rings is 1. The molecule has 0 aromatic heterocycles. The lowest BCUT2D eigenvalue weighted by Crippen LogP contribution is -2.26. The molecule has 1 aromatic rings. The number of halogens is 1. The van der Waals surface area contributed by atoms with Crippen molar-refractivity contribution in [1.82, 2.24) is 0 Å². The van der Waals surface area contributed by atoms with E-state index >= 15 is 0 Å². The zero-order valence-electron chi connectivity index (χ0n) is 10.5. The number of hydrogen-bond donors (Lipinski definition) is 2. The summed E-state index contributed by atoms with van der Waals surface area (Å²) in [6.45, 7) is 4.09. The van der Waals surface area contributed by atoms with Gasteiger partial charge >= 0.3 is 0 Å². The van der Waals surface area contributed by atoms with Gasteiger partial charge in [-0.3, -0.25) is 4.79 Å². The number of anilines is 2. The van der Waals surface area contributed by atoms with Gasteiger partial charge in [-0.15, -0.1) is 0 Å². The van der Waals surface area contributed by atoms with Gasteiger partial charge in [-0.05, 0) is 31.5 Å². The van der Waals surface area contributed by atoms with Gasteiger partial charge in [0.05, 0.1) is 17.8 Å². The van der Waals surface area contributed by atoms with E-state index in [0.717, 1.165) is 18.7 Å². The molecule has 1 fully saturated rings. The van der Waals surface area contributed by atoms with Gasteiger partial charge in [-0.2, -0.15) is 0 Å². The summed E-state index contributed by atoms with van der Waals surface area (Å²) >= 11 is 0. The van der Waals surface area contributed by atoms with Crippen LogP contribution in [-0.4, -0.2) is 24.7 Å². The Balaban J connectivity index is 2.11. The van der Waals surface area contributed by atoms with Gasteiger partial charge in [-0.1, -0.05) is 0 Å². The molecule has 0 spiro atoms. The second-order valence-electron chi connectivity index (χ2n) is 4.49. The van der Waals surface area contributed by atoms with Gasteiger partial charge in [0.15, 0.2) is 0 Å². The summed E-state index contributed by atoms with van der Waals surface area (Å²) in [6, 6.07) is 4.82. The van der Waals surface area contributed by atoms with Crippen LogP contribution in [0.15, 0.2) is 18.2 Å². The van der Waals surface area contributed by atoms with E-state index < -0.39 is 5.82 Å². The molecule has 0 aliphatic carbocycles. The van der Waals surface area contributed by atoms with Crippen LogP contribution in [0.4, 0.5) is 15.8 Å². The van der Waals surface area contributed by atoms with Gasteiger partial charge < -0.3 is 15.4 Å². The minimum Gasteiger partial charge on any atom is -0.380 e. The van der Waals surface area contributed by atoms with Crippen molar-refractivity contribution in [1.29, 1.82) is 0 Å². The first-order chi connectivity index (χ1) is 8.56. The van der Waals surface area contributed by atoms with Crippen LogP contribution < -0.4 is 10.6 Å². The first-order valence-corrected chi connectivity index (χ1v) is 6.01. The lowest BCUT2D eigenvalue weighted by atomic mass is 10.1. The molecule has 2 atom stereocenters. The molecule has 1 amide bonds. The summed E-state index contributed by atoms with van der Waals surface area (Å²) < 4.78 is 18.9. The second-order valence-corrected chi connectivity index (χ2v) is 4.49. The Morgan fingerprint density at radius 2 is 2.28 bits per heavy atom. The molecule has 1 aliphatic heterocycles. The number of amides is 1. The summed E-state index contributed by atoms with van der Waals surface area (Å²) in [4.78, 5) is 11.0. The Kier molecular flexibility index (Phi) is 3.81. The third-order valence-electron chi connectivity index (χ3n) is 3.01. The Labute approximate surface area is 106 Å². The number of carbonyl (C=O) groups is 1. The van der Waals surface area contributed by atoms with E-state index in [1.807, 2.05) is 6.92 Å². The van der Waals surface area contributed by atoms with E-state index in [4.69, 9.17) is 4.74 Å². The predicted octanol–water partition coefficient (Wildman–Crippen LogP) is 2.37. The van der Waals surface area contributed by atoms with Crippen LogP contribution in [0.2, 0.25) is 0 Å². The topological polar surface area (TPSA) is 50.4 Å². The van der Waals surface area contributed by atoms with Crippen LogP contribution in [0.1, 0.15) is 20.3 Å². The van der Waals surface area contributed by atoms with Crippen molar-refractivity contribution in [3.63, 3.8) is 0 Å². The highest BCUT2D eigenvalue weighted by molar-refractivity contribution is 5.89. The first-order valence-electron chi connectivity index (χ1n) is 6.01. The molecule has 2 rings (SSSR count). The molecule has 2 unspecified atom stereocenters. The van der Waals surface area contributed by atoms with Gasteiger partial charge in [0.1, 0.15) is 5.82 Å². The normalized spacial score (nSPS) is 22.8. The minimum absolute atomic E-state index is 0.138. The Bertz CT molecular complexity index is 451. The molecule has 0 saturated carbocycles. The molecule has 4 nitrogen and oxygen atoms in total. The van der Waals surface area contributed by atoms with E-state index in [1.54, 1.807) is 12.1 Å². The van der Waals surface area contributed by atoms with E-state index in [-0.39, 0.29) is 23.7 Å². The van der Waals surface area contributed by atoms with Crippen LogP contribution in [0, 0.1) is 5.82 Å². The molecule has 5 heteroatoms. The zero-order valence-corrected chi connectivity index (χ0v) is 10.5. The third-order valence-corrected chi connectivity index (χ3v) is 3.01. The molecule has 2 N–H and O–H groups in total. The fourth-order valence-corrected chi connectivity index (χ4v) is 2.04. The average Bonchev–Trinajstić information content (AvgIpc) is 2.69. The van der Waals surface area contributed by atoms with Gasteiger partial charge in [-0.25, -0.2) is 4.39 Å². The smallest absolute Gasteiger partial charge is 0.221 e. The monoisotopic (exact) mass is 252 g/mol. The molecule has 0 radical (unpaired) electrons. The highest BCUT2D eigenvalue weighted by Gasteiger charge is 2.23. The fourth-order valence-electron chi connectivity index (χ4n) is 2.04. The van der Waals surface area contributed by atoms with Gasteiger partial charge in [0.2, 0.25) is 5.91 Å². The van der Waals surface area contributed by atoms with Crippen LogP contribution >= 0.6 is 0 Å². The van der Waals surface area contributed by atoms with Crippen molar-refractivity contribution in [2.75, 3.05) is 17.2 Å². The maximum Gasteiger partial charge on any atom is 0.221 e. The van der Waals surface area contributed by atoms with Crippen molar-refractivity contribution in [3.8, 4) is 0 Å². The molecule has 0 bridgehead atoms. The predicted molar refractivity (Wildman–Crippen MR) is 68.1 cm³/mol. The van der Waals surface area contributed by atoms with E-state index in [1.165, 1.54) is 13.0 Å². The number of nitrogens with one attached hydrogen (secondary N) is 2. The van der Waals surface area contributed by atoms with Crippen molar-refractivity contribution in [2.24, 2.45) is 0 Å². The Morgan fingerprint density at radius 3 is 2.89 bits per heavy atom. The maximum absolute atomic E-state index is 13.5. The van der Waals surface area contributed by atoms with Gasteiger partial charge in [0.25, 0.3) is 0 Å². The molecule has 98 valence electrons. The largest absolute Gasteiger partial charge is 0.380 e. The summed E-state index contributed by atoms with van der Waals surface area (Å²) in [6.07, 6.45) is 1.06. The van der Waals surface area contributed by atoms with E-state index in [0.29, 0.717) is 0 Å². The Hall–Kier alpha value is -1.62.